The summed E-state index contributed by atoms with van der Waals surface area (Å²) >= 11 is 0. The molecule has 0 unspecified atom stereocenters. The van der Waals surface area contributed by atoms with E-state index < -0.39 is 0 Å². The maximum absolute atomic E-state index is 4.65. The molecule has 103 valence electrons. The van der Waals surface area contributed by atoms with Crippen LogP contribution in [0.3, 0.4) is 0 Å². The van der Waals surface area contributed by atoms with E-state index in [1.807, 2.05) is 42.6 Å². The summed E-state index contributed by atoms with van der Waals surface area (Å²) in [6, 6.07) is 23.5. The van der Waals surface area contributed by atoms with E-state index >= 15 is 0 Å². The number of aromatic nitrogens is 2. The molecule has 0 amide bonds. The van der Waals surface area contributed by atoms with Gasteiger partial charge in [0.2, 0.25) is 0 Å². The predicted molar refractivity (Wildman–Crippen MR) is 81.3 cm³/mol. The van der Waals surface area contributed by atoms with Gasteiger partial charge in [0.1, 0.15) is 0 Å². The van der Waals surface area contributed by atoms with Crippen LogP contribution in [0.2, 0.25) is 0 Å². The number of nitrogens with zero attached hydrogens (tertiary/aromatic N) is 2. The normalized spacial score (nSPS) is 10.5. The summed E-state index contributed by atoms with van der Waals surface area (Å²) in [5.41, 5.74) is 1.88. The van der Waals surface area contributed by atoms with Crippen molar-refractivity contribution in [1.29, 1.82) is 0 Å². The Morgan fingerprint density at radius 1 is 0.810 bits per heavy atom. The molecule has 1 heterocycles. The first-order chi connectivity index (χ1) is 9.90. The molecule has 0 saturated heterocycles. The van der Waals surface area contributed by atoms with Crippen molar-refractivity contribution < 1.29 is 20.1 Å². The number of hydrogen-bond acceptors (Lipinski definition) is 2. The molecule has 0 bridgehead atoms. The van der Waals surface area contributed by atoms with Gasteiger partial charge < -0.3 is 0 Å². The van der Waals surface area contributed by atoms with Crippen LogP contribution in [0.15, 0.2) is 66.9 Å². The number of rotatable bonds is 1. The minimum Gasteiger partial charge on any atom is -0.285 e. The van der Waals surface area contributed by atoms with Crippen LogP contribution in [0.4, 0.5) is 0 Å². The third-order valence-corrected chi connectivity index (χ3v) is 3.40. The molecule has 0 N–H and O–H groups in total. The van der Waals surface area contributed by atoms with Crippen molar-refractivity contribution in [3.63, 3.8) is 0 Å². The summed E-state index contributed by atoms with van der Waals surface area (Å²) in [5, 5.41) is 3.47. The van der Waals surface area contributed by atoms with Crippen molar-refractivity contribution in [1.82, 2.24) is 9.97 Å². The SMILES string of the molecule is [Ir].[c-]1ccccc1-c1ncc2cc3ccccc3cc2n1. The first kappa shape index (κ1) is 13.9. The maximum atomic E-state index is 4.65. The van der Waals surface area contributed by atoms with Crippen molar-refractivity contribution in [3.8, 4) is 11.4 Å². The molecule has 0 aliphatic carbocycles. The Bertz CT molecular complexity index is 904. The van der Waals surface area contributed by atoms with Crippen LogP contribution in [0.1, 0.15) is 0 Å². The van der Waals surface area contributed by atoms with E-state index in [0.29, 0.717) is 5.82 Å². The van der Waals surface area contributed by atoms with Gasteiger partial charge in [-0.2, -0.15) is 0 Å². The zero-order valence-corrected chi connectivity index (χ0v) is 13.5. The molecule has 0 fully saturated rings. The average molecular weight is 448 g/mol. The summed E-state index contributed by atoms with van der Waals surface area (Å²) in [6.07, 6.45) is 1.88. The van der Waals surface area contributed by atoms with Crippen LogP contribution in [0.25, 0.3) is 33.1 Å². The topological polar surface area (TPSA) is 25.8 Å². The van der Waals surface area contributed by atoms with Gasteiger partial charge in [0.25, 0.3) is 0 Å². The number of fused-ring (bicyclic) bond motifs is 2. The molecule has 0 aliphatic rings. The Balaban J connectivity index is 0.00000132. The minimum atomic E-state index is 0. The van der Waals surface area contributed by atoms with Crippen molar-refractivity contribution in [3.05, 3.63) is 72.9 Å². The molecule has 3 heteroatoms. The van der Waals surface area contributed by atoms with E-state index in [4.69, 9.17) is 0 Å². The van der Waals surface area contributed by atoms with Crippen LogP contribution >= 0.6 is 0 Å². The summed E-state index contributed by atoms with van der Waals surface area (Å²) in [4.78, 5) is 9.09. The summed E-state index contributed by atoms with van der Waals surface area (Å²) in [5.74, 6) is 0.716. The van der Waals surface area contributed by atoms with E-state index in [9.17, 15) is 0 Å². The zero-order valence-electron chi connectivity index (χ0n) is 11.1. The molecule has 0 spiro atoms. The molecule has 3 aromatic carbocycles. The Labute approximate surface area is 136 Å². The molecule has 2 nitrogen and oxygen atoms in total. The Morgan fingerprint density at radius 2 is 1.57 bits per heavy atom. The van der Waals surface area contributed by atoms with Crippen LogP contribution in [0.5, 0.6) is 0 Å². The fraction of sp³-hybridized carbons (Fsp3) is 0. The molecular weight excluding hydrogens is 436 g/mol. The van der Waals surface area contributed by atoms with Crippen molar-refractivity contribution in [2.45, 2.75) is 0 Å². The monoisotopic (exact) mass is 448 g/mol. The molecule has 1 radical (unpaired) electrons. The van der Waals surface area contributed by atoms with Gasteiger partial charge in [-0.05, 0) is 22.9 Å². The van der Waals surface area contributed by atoms with E-state index in [2.05, 4.69) is 40.3 Å². The van der Waals surface area contributed by atoms with Crippen molar-refractivity contribution in [2.24, 2.45) is 0 Å². The fourth-order valence-electron chi connectivity index (χ4n) is 2.38. The van der Waals surface area contributed by atoms with Gasteiger partial charge >= 0.3 is 0 Å². The number of hydrogen-bond donors (Lipinski definition) is 0. The second-order valence-electron chi connectivity index (χ2n) is 4.73. The standard InChI is InChI=1S/C18H11N2.Ir/c1-2-6-13(7-3-1)18-19-12-16-10-14-8-4-5-9-15(14)11-17(16)20-18;/h1-6,8-12H;/q-1;. The molecule has 0 saturated carbocycles. The summed E-state index contributed by atoms with van der Waals surface area (Å²) in [7, 11) is 0. The Morgan fingerprint density at radius 3 is 2.33 bits per heavy atom. The largest absolute Gasteiger partial charge is 0.285 e. The van der Waals surface area contributed by atoms with Gasteiger partial charge in [0, 0.05) is 31.7 Å². The van der Waals surface area contributed by atoms with Crippen LogP contribution in [0, 0.1) is 6.07 Å². The van der Waals surface area contributed by atoms with Gasteiger partial charge in [-0.15, -0.1) is 35.9 Å². The minimum absolute atomic E-state index is 0. The van der Waals surface area contributed by atoms with Gasteiger partial charge in [0.15, 0.2) is 0 Å². The van der Waals surface area contributed by atoms with Crippen LogP contribution in [-0.2, 0) is 20.1 Å². The predicted octanol–water partition coefficient (Wildman–Crippen LogP) is 4.25. The van der Waals surface area contributed by atoms with Crippen LogP contribution < -0.4 is 0 Å². The second-order valence-corrected chi connectivity index (χ2v) is 4.73. The van der Waals surface area contributed by atoms with Crippen molar-refractivity contribution >= 4 is 21.7 Å². The quantitative estimate of drug-likeness (QED) is 0.322. The average Bonchev–Trinajstić information content (AvgIpc) is 2.53. The van der Waals surface area contributed by atoms with E-state index in [-0.39, 0.29) is 20.1 Å². The molecule has 1 aromatic heterocycles. The number of benzene rings is 3. The van der Waals surface area contributed by atoms with Crippen molar-refractivity contribution in [2.75, 3.05) is 0 Å². The van der Waals surface area contributed by atoms with Gasteiger partial charge in [-0.1, -0.05) is 24.3 Å². The smallest absolute Gasteiger partial charge is 0.0755 e. The molecule has 0 aliphatic heterocycles. The van der Waals surface area contributed by atoms with E-state index in [1.54, 1.807) is 0 Å². The summed E-state index contributed by atoms with van der Waals surface area (Å²) < 4.78 is 0. The van der Waals surface area contributed by atoms with Gasteiger partial charge in [-0.25, -0.2) is 0 Å². The molecule has 4 rings (SSSR count). The van der Waals surface area contributed by atoms with E-state index in [0.717, 1.165) is 16.5 Å². The first-order valence-corrected chi connectivity index (χ1v) is 6.53. The molecule has 0 atom stereocenters. The van der Waals surface area contributed by atoms with Gasteiger partial charge in [0.05, 0.1) is 11.3 Å². The summed E-state index contributed by atoms with van der Waals surface area (Å²) in [6.45, 7) is 0. The van der Waals surface area contributed by atoms with E-state index in [1.165, 1.54) is 10.8 Å². The second kappa shape index (κ2) is 5.72. The first-order valence-electron chi connectivity index (χ1n) is 6.53. The third-order valence-electron chi connectivity index (χ3n) is 3.40. The Hall–Kier alpha value is -2.09. The third kappa shape index (κ3) is 2.58. The molecular formula is C18H11IrN2-. The Kier molecular flexibility index (Phi) is 3.78. The fourth-order valence-corrected chi connectivity index (χ4v) is 2.38. The molecule has 4 aromatic rings. The maximum Gasteiger partial charge on any atom is 0.0755 e. The van der Waals surface area contributed by atoms with Gasteiger partial charge in [-0.3, -0.25) is 9.97 Å². The molecule has 21 heavy (non-hydrogen) atoms. The van der Waals surface area contributed by atoms with Crippen LogP contribution in [-0.4, -0.2) is 9.97 Å². The zero-order chi connectivity index (χ0) is 13.4.